The van der Waals surface area contributed by atoms with Crippen molar-refractivity contribution in [1.29, 1.82) is 0 Å². The third-order valence-electron chi connectivity index (χ3n) is 3.09. The van der Waals surface area contributed by atoms with Crippen molar-refractivity contribution in [2.24, 2.45) is 0 Å². The van der Waals surface area contributed by atoms with Gasteiger partial charge < -0.3 is 0 Å². The standard InChI is InChI=1S/C13H18Si/c1-13(10-12(13)14(2,3)4)11-8-6-5-7-9-11/h5-10H,1-4H3. The highest BCUT2D eigenvalue weighted by Gasteiger charge is 2.46. The molecule has 1 aromatic rings. The lowest BCUT2D eigenvalue weighted by atomic mass is 9.96. The van der Waals surface area contributed by atoms with Crippen molar-refractivity contribution in [3.63, 3.8) is 0 Å². The second kappa shape index (κ2) is 2.83. The molecule has 1 aliphatic rings. The minimum atomic E-state index is -1.08. The lowest BCUT2D eigenvalue weighted by Gasteiger charge is -2.21. The summed E-state index contributed by atoms with van der Waals surface area (Å²) in [6, 6.07) is 10.8. The van der Waals surface area contributed by atoms with E-state index in [-0.39, 0.29) is 0 Å². The van der Waals surface area contributed by atoms with Crippen molar-refractivity contribution in [1.82, 2.24) is 0 Å². The molecule has 1 heteroatoms. The summed E-state index contributed by atoms with van der Waals surface area (Å²) in [5, 5.41) is 1.70. The Labute approximate surface area is 87.7 Å². The number of hydrogen-bond acceptors (Lipinski definition) is 0. The Hall–Kier alpha value is -0.823. The van der Waals surface area contributed by atoms with Crippen LogP contribution in [0.4, 0.5) is 0 Å². The number of allylic oxidation sites excluding steroid dienone is 2. The van der Waals surface area contributed by atoms with E-state index in [0.717, 1.165) is 0 Å². The van der Waals surface area contributed by atoms with Crippen LogP contribution in [0.3, 0.4) is 0 Å². The summed E-state index contributed by atoms with van der Waals surface area (Å²) >= 11 is 0. The van der Waals surface area contributed by atoms with E-state index in [0.29, 0.717) is 5.41 Å². The molecule has 0 amide bonds. The number of hydrogen-bond donors (Lipinski definition) is 0. The maximum absolute atomic E-state index is 2.45. The van der Waals surface area contributed by atoms with E-state index < -0.39 is 8.07 Å². The predicted octanol–water partition coefficient (Wildman–Crippen LogP) is 3.76. The topological polar surface area (TPSA) is 0 Å². The summed E-state index contributed by atoms with van der Waals surface area (Å²) in [5.41, 5.74) is 1.75. The second-order valence-corrected chi connectivity index (χ2v) is 10.4. The molecule has 0 saturated carbocycles. The van der Waals surface area contributed by atoms with E-state index in [2.05, 4.69) is 63.0 Å². The van der Waals surface area contributed by atoms with Crippen molar-refractivity contribution >= 4 is 8.07 Å². The third-order valence-corrected chi connectivity index (χ3v) is 5.37. The lowest BCUT2D eigenvalue weighted by Crippen LogP contribution is -2.25. The zero-order valence-corrected chi connectivity index (χ0v) is 10.5. The fourth-order valence-electron chi connectivity index (χ4n) is 2.27. The van der Waals surface area contributed by atoms with Gasteiger partial charge in [-0.25, -0.2) is 0 Å². The van der Waals surface area contributed by atoms with Crippen LogP contribution in [0.2, 0.25) is 19.6 Å². The summed E-state index contributed by atoms with van der Waals surface area (Å²) in [5.74, 6) is 0. The van der Waals surface area contributed by atoms with Crippen molar-refractivity contribution in [3.8, 4) is 0 Å². The van der Waals surface area contributed by atoms with Crippen molar-refractivity contribution in [2.75, 3.05) is 0 Å². The van der Waals surface area contributed by atoms with Gasteiger partial charge in [0.05, 0.1) is 8.07 Å². The Bertz CT molecular complexity index is 370. The molecule has 1 aliphatic carbocycles. The van der Waals surface area contributed by atoms with Crippen LogP contribution in [0.1, 0.15) is 12.5 Å². The van der Waals surface area contributed by atoms with Gasteiger partial charge in [0.1, 0.15) is 0 Å². The molecule has 0 nitrogen and oxygen atoms in total. The van der Waals surface area contributed by atoms with Crippen molar-refractivity contribution < 1.29 is 0 Å². The Morgan fingerprint density at radius 1 is 1.00 bits per heavy atom. The van der Waals surface area contributed by atoms with Gasteiger partial charge in [-0.15, -0.1) is 0 Å². The molecule has 0 bridgehead atoms. The zero-order valence-electron chi connectivity index (χ0n) is 9.46. The Morgan fingerprint density at radius 2 is 1.57 bits per heavy atom. The van der Waals surface area contributed by atoms with Crippen LogP contribution < -0.4 is 0 Å². The van der Waals surface area contributed by atoms with E-state index in [1.54, 1.807) is 5.20 Å². The molecule has 0 aliphatic heterocycles. The van der Waals surface area contributed by atoms with Crippen LogP contribution in [-0.2, 0) is 5.41 Å². The van der Waals surface area contributed by atoms with Crippen LogP contribution in [0.5, 0.6) is 0 Å². The van der Waals surface area contributed by atoms with E-state index in [4.69, 9.17) is 0 Å². The van der Waals surface area contributed by atoms with Gasteiger partial charge in [-0.05, 0) is 12.5 Å². The molecule has 0 fully saturated rings. The summed E-state index contributed by atoms with van der Waals surface area (Å²) in [4.78, 5) is 0. The highest BCUT2D eigenvalue weighted by Crippen LogP contribution is 2.50. The normalized spacial score (nSPS) is 25.9. The van der Waals surface area contributed by atoms with Crippen LogP contribution in [0.15, 0.2) is 41.6 Å². The average molecular weight is 202 g/mol. The van der Waals surface area contributed by atoms with Crippen LogP contribution in [0, 0.1) is 0 Å². The highest BCUT2D eigenvalue weighted by molar-refractivity contribution is 6.84. The molecule has 0 N–H and O–H groups in total. The van der Waals surface area contributed by atoms with Gasteiger partial charge in [0, 0.05) is 5.41 Å². The van der Waals surface area contributed by atoms with Gasteiger partial charge in [0.25, 0.3) is 0 Å². The molecular formula is C13H18Si. The van der Waals surface area contributed by atoms with Crippen LogP contribution in [0.25, 0.3) is 0 Å². The van der Waals surface area contributed by atoms with Crippen LogP contribution >= 0.6 is 0 Å². The van der Waals surface area contributed by atoms with Gasteiger partial charge in [-0.3, -0.25) is 0 Å². The van der Waals surface area contributed by atoms with Gasteiger partial charge in [0.2, 0.25) is 0 Å². The summed E-state index contributed by atoms with van der Waals surface area (Å²) in [7, 11) is -1.08. The first kappa shape index (κ1) is 9.72. The number of rotatable bonds is 2. The van der Waals surface area contributed by atoms with Gasteiger partial charge in [-0.2, -0.15) is 0 Å². The highest BCUT2D eigenvalue weighted by atomic mass is 28.3. The third kappa shape index (κ3) is 1.46. The van der Waals surface area contributed by atoms with E-state index in [1.807, 2.05) is 0 Å². The molecular weight excluding hydrogens is 184 g/mol. The molecule has 1 unspecified atom stereocenters. The van der Waals surface area contributed by atoms with E-state index in [1.165, 1.54) is 5.56 Å². The molecule has 14 heavy (non-hydrogen) atoms. The molecule has 0 heterocycles. The smallest absolute Gasteiger partial charge is 0.0736 e. The summed E-state index contributed by atoms with van der Waals surface area (Å²) in [6.45, 7) is 9.61. The first-order valence-electron chi connectivity index (χ1n) is 5.24. The average Bonchev–Trinajstić information content (AvgIpc) is 2.81. The van der Waals surface area contributed by atoms with Gasteiger partial charge in [0.15, 0.2) is 0 Å². The maximum atomic E-state index is 2.45. The lowest BCUT2D eigenvalue weighted by molar-refractivity contribution is 0.855. The molecule has 1 aromatic carbocycles. The Balaban J connectivity index is 2.26. The van der Waals surface area contributed by atoms with Gasteiger partial charge >= 0.3 is 0 Å². The molecule has 0 saturated heterocycles. The Morgan fingerprint density at radius 3 is 2.00 bits per heavy atom. The summed E-state index contributed by atoms with van der Waals surface area (Å²) in [6.07, 6.45) is 2.45. The molecule has 0 radical (unpaired) electrons. The molecule has 74 valence electrons. The maximum Gasteiger partial charge on any atom is 0.0736 e. The summed E-state index contributed by atoms with van der Waals surface area (Å²) < 4.78 is 0. The largest absolute Gasteiger partial charge is 0.0740 e. The zero-order chi connectivity index (χ0) is 10.4. The van der Waals surface area contributed by atoms with E-state index >= 15 is 0 Å². The predicted molar refractivity (Wildman–Crippen MR) is 65.2 cm³/mol. The van der Waals surface area contributed by atoms with Gasteiger partial charge in [-0.1, -0.05) is 61.2 Å². The Kier molecular flexibility index (Phi) is 1.97. The molecule has 2 rings (SSSR count). The second-order valence-electron chi connectivity index (χ2n) is 5.38. The van der Waals surface area contributed by atoms with Crippen LogP contribution in [-0.4, -0.2) is 8.07 Å². The number of benzene rings is 1. The minimum absolute atomic E-state index is 0.297. The quantitative estimate of drug-likeness (QED) is 0.641. The van der Waals surface area contributed by atoms with E-state index in [9.17, 15) is 0 Å². The first-order valence-corrected chi connectivity index (χ1v) is 8.74. The monoisotopic (exact) mass is 202 g/mol. The SMILES string of the molecule is CC1(c2ccccc2)C=C1[Si](C)(C)C. The fraction of sp³-hybridized carbons (Fsp3) is 0.385. The fourth-order valence-corrected chi connectivity index (χ4v) is 4.70. The van der Waals surface area contributed by atoms with Crippen molar-refractivity contribution in [3.05, 3.63) is 47.2 Å². The first-order chi connectivity index (χ1) is 6.44. The molecule has 0 spiro atoms. The minimum Gasteiger partial charge on any atom is -0.0740 e. The van der Waals surface area contributed by atoms with Crippen molar-refractivity contribution in [2.45, 2.75) is 32.0 Å². The molecule has 0 aromatic heterocycles. The molecule has 1 atom stereocenters.